The molecular weight excluding hydrogens is 1180 g/mol. The average Bonchev–Trinajstić information content (AvgIpc) is 0.737. The van der Waals surface area contributed by atoms with E-state index in [1.54, 1.807) is 6.07 Å². The van der Waals surface area contributed by atoms with Gasteiger partial charge in [-0.25, -0.2) is 0 Å². The number of fused-ring (bicyclic) bond motifs is 8. The van der Waals surface area contributed by atoms with E-state index < -0.39 is 7.12 Å². The Kier molecular flexibility index (Phi) is 16.1. The lowest BCUT2D eigenvalue weighted by Gasteiger charge is -2.20. The molecule has 96 heavy (non-hydrogen) atoms. The number of halogens is 1. The van der Waals surface area contributed by atoms with E-state index in [4.69, 9.17) is 21.6 Å². The van der Waals surface area contributed by atoms with E-state index in [9.17, 15) is 0 Å². The monoisotopic (exact) mass is 1240 g/mol. The van der Waals surface area contributed by atoms with Crippen molar-refractivity contribution in [1.29, 1.82) is 0 Å². The molecule has 0 bridgehead atoms. The summed E-state index contributed by atoms with van der Waals surface area (Å²) >= 11 is 6.65. The smallest absolute Gasteiger partial charge is 0.423 e. The largest absolute Gasteiger partial charge is 0.489 e. The average molecular weight is 1250 g/mol. The molecule has 0 heterocycles. The highest BCUT2D eigenvalue weighted by Gasteiger charge is 2.22. The van der Waals surface area contributed by atoms with Crippen LogP contribution in [0.25, 0.3) is 164 Å². The molecule has 2 nitrogen and oxygen atoms in total. The van der Waals surface area contributed by atoms with Crippen LogP contribution in [0.5, 0.6) is 0 Å². The maximum absolute atomic E-state index is 9.08. The molecule has 0 unspecified atom stereocenters. The van der Waals surface area contributed by atoms with Crippen LogP contribution in [0.4, 0.5) is 0 Å². The lowest BCUT2D eigenvalue weighted by atomic mass is 9.77. The van der Waals surface area contributed by atoms with Gasteiger partial charge >= 0.3 is 7.12 Å². The van der Waals surface area contributed by atoms with Gasteiger partial charge in [0, 0.05) is 5.02 Å². The highest BCUT2D eigenvalue weighted by Crippen LogP contribution is 2.49. The highest BCUT2D eigenvalue weighted by atomic mass is 35.5. The lowest BCUT2D eigenvalue weighted by Crippen LogP contribution is -2.30. The number of benzene rings is 18. The van der Waals surface area contributed by atoms with E-state index in [1.807, 2.05) is 42.5 Å². The summed E-state index contributed by atoms with van der Waals surface area (Å²) in [5, 5.41) is 38.3. The summed E-state index contributed by atoms with van der Waals surface area (Å²) in [5.74, 6) is 0. The Balaban J connectivity index is 0.000000129. The fraction of sp³-hybridized carbons (Fsp3) is 0. The molecule has 0 aromatic heterocycles. The van der Waals surface area contributed by atoms with Gasteiger partial charge in [0.1, 0.15) is 0 Å². The zero-order chi connectivity index (χ0) is 64.5. The van der Waals surface area contributed by atoms with Crippen molar-refractivity contribution in [3.05, 3.63) is 369 Å². The molecule has 0 saturated carbocycles. The third kappa shape index (κ3) is 11.0. The van der Waals surface area contributed by atoms with Crippen molar-refractivity contribution in [3.8, 4) is 77.9 Å². The van der Waals surface area contributed by atoms with Gasteiger partial charge in [-0.2, -0.15) is 0 Å². The van der Waals surface area contributed by atoms with Crippen LogP contribution in [0.3, 0.4) is 0 Å². The van der Waals surface area contributed by atoms with Crippen LogP contribution >= 0.6 is 11.6 Å². The Morgan fingerprint density at radius 2 is 0.490 bits per heavy atom. The SMILES string of the molecule is Clc1ccc2c(-c3ccccc3)c3ccccc3c(-c3cccc4c(-c5ccccc5)cccc34)c2c1.OB(O)c1cccc2ccccc12.c1ccc(-c2cccc3c(-c4c5ccccc5c(-c5ccccc5)c5ccc(-c6cccc7ccccc67)cc45)cccc23)cc1. The second kappa shape index (κ2) is 26.0. The summed E-state index contributed by atoms with van der Waals surface area (Å²) < 4.78 is 0. The first kappa shape index (κ1) is 59.3. The Labute approximate surface area is 563 Å². The van der Waals surface area contributed by atoms with Crippen LogP contribution in [-0.4, -0.2) is 17.2 Å². The molecule has 4 heteroatoms. The summed E-state index contributed by atoms with van der Waals surface area (Å²) in [4.78, 5) is 0. The van der Waals surface area contributed by atoms with Gasteiger partial charge in [-0.15, -0.1) is 0 Å². The molecule has 18 aromatic carbocycles. The van der Waals surface area contributed by atoms with E-state index >= 15 is 0 Å². The van der Waals surface area contributed by atoms with Crippen molar-refractivity contribution >= 4 is 110 Å². The molecule has 0 fully saturated rings. The minimum absolute atomic E-state index is 0.554. The van der Waals surface area contributed by atoms with Crippen molar-refractivity contribution in [2.45, 2.75) is 0 Å². The molecule has 0 amide bonds. The quantitative estimate of drug-likeness (QED) is 0.118. The number of hydrogen-bond acceptors (Lipinski definition) is 2. The summed E-state index contributed by atoms with van der Waals surface area (Å²) in [6.45, 7) is 0. The number of hydrogen-bond donors (Lipinski definition) is 2. The first-order chi connectivity index (χ1) is 47.4. The normalized spacial score (nSPS) is 11.3. The van der Waals surface area contributed by atoms with Crippen molar-refractivity contribution in [2.24, 2.45) is 0 Å². The Hall–Kier alpha value is -11.7. The predicted octanol–water partition coefficient (Wildman–Crippen LogP) is 24.3. The van der Waals surface area contributed by atoms with Gasteiger partial charge in [-0.1, -0.05) is 357 Å². The van der Waals surface area contributed by atoms with Gasteiger partial charge in [0.15, 0.2) is 0 Å². The van der Waals surface area contributed by atoms with E-state index in [1.165, 1.54) is 153 Å². The third-order valence-corrected chi connectivity index (χ3v) is 19.1. The molecule has 452 valence electrons. The first-order valence-corrected chi connectivity index (χ1v) is 33.0. The maximum Gasteiger partial charge on any atom is 0.489 e. The van der Waals surface area contributed by atoms with E-state index in [0.717, 1.165) is 15.8 Å². The van der Waals surface area contributed by atoms with Crippen molar-refractivity contribution < 1.29 is 10.0 Å². The summed E-state index contributed by atoms with van der Waals surface area (Å²) in [7, 11) is -1.40. The molecule has 0 aliphatic rings. The van der Waals surface area contributed by atoms with E-state index in [0.29, 0.717) is 5.46 Å². The summed E-state index contributed by atoms with van der Waals surface area (Å²) in [6, 6.07) is 129. The molecule has 2 N–H and O–H groups in total. The fourth-order valence-corrected chi connectivity index (χ4v) is 14.8. The van der Waals surface area contributed by atoms with Gasteiger partial charge in [-0.3, -0.25) is 0 Å². The van der Waals surface area contributed by atoms with Gasteiger partial charge in [-0.05, 0) is 188 Å². The summed E-state index contributed by atoms with van der Waals surface area (Å²) in [5.41, 5.74) is 17.9. The minimum Gasteiger partial charge on any atom is -0.423 e. The first-order valence-electron chi connectivity index (χ1n) is 32.6. The van der Waals surface area contributed by atoms with Gasteiger partial charge < -0.3 is 10.0 Å². The van der Waals surface area contributed by atoms with Crippen LogP contribution in [0, 0.1) is 0 Å². The highest BCUT2D eigenvalue weighted by molar-refractivity contribution is 6.62. The molecule has 0 aliphatic carbocycles. The molecule has 18 rings (SSSR count). The third-order valence-electron chi connectivity index (χ3n) is 18.9. The van der Waals surface area contributed by atoms with Crippen LogP contribution < -0.4 is 5.46 Å². The van der Waals surface area contributed by atoms with Crippen molar-refractivity contribution in [3.63, 3.8) is 0 Å². The zero-order valence-electron chi connectivity index (χ0n) is 52.5. The van der Waals surface area contributed by atoms with Gasteiger partial charge in [0.2, 0.25) is 0 Å². The number of rotatable bonds is 8. The predicted molar refractivity (Wildman–Crippen MR) is 412 cm³/mol. The topological polar surface area (TPSA) is 40.5 Å². The molecule has 0 radical (unpaired) electrons. The van der Waals surface area contributed by atoms with Crippen molar-refractivity contribution in [1.82, 2.24) is 0 Å². The van der Waals surface area contributed by atoms with E-state index in [2.05, 4.69) is 315 Å². The summed E-state index contributed by atoms with van der Waals surface area (Å²) in [6.07, 6.45) is 0. The molecule has 0 spiro atoms. The van der Waals surface area contributed by atoms with Gasteiger partial charge in [0.25, 0.3) is 0 Å². The second-order valence-corrected chi connectivity index (χ2v) is 24.8. The molecular formula is C92H62BClO2. The van der Waals surface area contributed by atoms with Crippen molar-refractivity contribution in [2.75, 3.05) is 0 Å². The fourth-order valence-electron chi connectivity index (χ4n) is 14.7. The Morgan fingerprint density at radius 1 is 0.188 bits per heavy atom. The standard InChI is InChI=1S/C46H30.C36H23Cl.C10H9BO2/c1-3-14-31(15-4-1)36-24-12-26-39-38(36)25-13-27-40(39)46-42-22-10-9-21-41(42)45(33-17-5-2-6-18-33)43-29-28-34(30-44(43)46)37-23-11-19-32-16-7-8-20-35(32)37;37-26-21-22-33-34(23-26)36(32-16-8-7-15-31(32)35(33)25-13-5-2-6-14-25)30-20-10-18-28-27(17-9-19-29(28)30)24-11-3-1-4-12-24;12-11(13)10-7-3-5-8-4-1-2-6-9(8)10/h1-30H;1-23H;1-7,12-13H. The molecule has 0 aliphatic heterocycles. The molecule has 0 saturated heterocycles. The van der Waals surface area contributed by atoms with Gasteiger partial charge in [0.05, 0.1) is 0 Å². The van der Waals surface area contributed by atoms with Crippen LogP contribution in [0.1, 0.15) is 0 Å². The van der Waals surface area contributed by atoms with Crippen LogP contribution in [-0.2, 0) is 0 Å². The molecule has 0 atom stereocenters. The second-order valence-electron chi connectivity index (χ2n) is 24.4. The Bertz CT molecular complexity index is 5920. The minimum atomic E-state index is -1.40. The Morgan fingerprint density at radius 3 is 0.958 bits per heavy atom. The van der Waals surface area contributed by atoms with Crippen LogP contribution in [0.2, 0.25) is 5.02 Å². The van der Waals surface area contributed by atoms with Crippen LogP contribution in [0.15, 0.2) is 364 Å². The maximum atomic E-state index is 9.08. The van der Waals surface area contributed by atoms with E-state index in [-0.39, 0.29) is 0 Å². The lowest BCUT2D eigenvalue weighted by molar-refractivity contribution is 0.426. The zero-order valence-corrected chi connectivity index (χ0v) is 53.2. The molecule has 18 aromatic rings.